The molecule has 1 unspecified atom stereocenters. The normalized spacial score (nSPS) is 25.6. The van der Waals surface area contributed by atoms with Gasteiger partial charge in [-0.25, -0.2) is 4.79 Å². The van der Waals surface area contributed by atoms with E-state index in [1.165, 1.54) is 31.2 Å². The summed E-state index contributed by atoms with van der Waals surface area (Å²) in [7, 11) is 0. The molecule has 1 aromatic carbocycles. The van der Waals surface area contributed by atoms with Crippen LogP contribution in [-0.4, -0.2) is 99.1 Å². The van der Waals surface area contributed by atoms with Crippen molar-refractivity contribution in [3.05, 3.63) is 34.9 Å². The number of carboxylic acid groups (broad SMARTS) is 1. The molecule has 0 radical (unpaired) electrons. The van der Waals surface area contributed by atoms with Crippen LogP contribution >= 0.6 is 23.4 Å². The Balaban J connectivity index is 2.16. The van der Waals surface area contributed by atoms with E-state index in [2.05, 4.69) is 10.6 Å². The molecule has 2 rings (SSSR count). The Morgan fingerprint density at radius 3 is 2.53 bits per heavy atom. The van der Waals surface area contributed by atoms with Crippen molar-refractivity contribution in [2.75, 3.05) is 24.7 Å². The minimum atomic E-state index is -2.30. The lowest BCUT2D eigenvalue weighted by atomic mass is 9.88. The van der Waals surface area contributed by atoms with Crippen LogP contribution in [-0.2, 0) is 19.1 Å². The molecule has 11 nitrogen and oxygen atoms in total. The first kappa shape index (κ1) is 30.3. The lowest BCUT2D eigenvalue weighted by molar-refractivity contribution is -0.310. The highest BCUT2D eigenvalue weighted by Gasteiger charge is 2.55. The number of hydrogen-bond acceptors (Lipinski definition) is 9. The number of carbonyl (C=O) groups is 3. The number of aliphatic hydroxyl groups is 3. The van der Waals surface area contributed by atoms with E-state index in [4.69, 9.17) is 21.1 Å². The molecule has 6 N–H and O–H groups in total. The lowest BCUT2D eigenvalue weighted by Crippen LogP contribution is -2.68. The monoisotopic (exact) mass is 548 g/mol. The van der Waals surface area contributed by atoms with Crippen molar-refractivity contribution in [1.29, 1.82) is 0 Å². The van der Waals surface area contributed by atoms with E-state index in [-0.39, 0.29) is 12.2 Å². The van der Waals surface area contributed by atoms with Gasteiger partial charge in [-0.3, -0.25) is 9.59 Å². The number of ether oxygens (including phenoxy) is 2. The van der Waals surface area contributed by atoms with Gasteiger partial charge in [-0.05, 0) is 42.2 Å². The Morgan fingerprint density at radius 1 is 1.28 bits per heavy atom. The smallest absolute Gasteiger partial charge is 0.364 e. The summed E-state index contributed by atoms with van der Waals surface area (Å²) in [6.07, 6.45) is -6.48. The molecule has 1 saturated heterocycles. The average Bonchev–Trinajstić information content (AvgIpc) is 2.83. The molecule has 2 amide bonds. The van der Waals surface area contributed by atoms with Gasteiger partial charge in [-0.15, -0.1) is 0 Å². The van der Waals surface area contributed by atoms with Gasteiger partial charge in [0.15, 0.2) is 0 Å². The fourth-order valence-electron chi connectivity index (χ4n) is 3.73. The average molecular weight is 549 g/mol. The highest BCUT2D eigenvalue weighted by Crippen LogP contribution is 2.33. The highest BCUT2D eigenvalue weighted by atomic mass is 35.5. The van der Waals surface area contributed by atoms with E-state index in [0.717, 1.165) is 11.5 Å². The van der Waals surface area contributed by atoms with Gasteiger partial charge in [0.25, 0.3) is 11.7 Å². The summed E-state index contributed by atoms with van der Waals surface area (Å²) in [4.78, 5) is 36.2. The van der Waals surface area contributed by atoms with Gasteiger partial charge in [0.1, 0.15) is 12.2 Å². The van der Waals surface area contributed by atoms with Crippen LogP contribution < -0.4 is 10.6 Å². The summed E-state index contributed by atoms with van der Waals surface area (Å²) >= 11 is 7.46. The second kappa shape index (κ2) is 14.1. The van der Waals surface area contributed by atoms with Crippen molar-refractivity contribution in [3.8, 4) is 0 Å². The number of nitrogens with one attached hydrogen (secondary N) is 2. The van der Waals surface area contributed by atoms with Gasteiger partial charge in [0, 0.05) is 30.5 Å². The number of thioether (sulfide) groups is 1. The van der Waals surface area contributed by atoms with E-state index in [1.54, 1.807) is 11.8 Å². The number of aliphatic carboxylic acids is 1. The summed E-state index contributed by atoms with van der Waals surface area (Å²) in [6, 6.07) is 4.75. The molecule has 0 aliphatic carbocycles. The van der Waals surface area contributed by atoms with Gasteiger partial charge < -0.3 is 40.5 Å². The molecule has 0 bridgehead atoms. The number of rotatable bonds is 13. The van der Waals surface area contributed by atoms with Crippen LogP contribution in [0.25, 0.3) is 0 Å². The number of carboxylic acids is 1. The van der Waals surface area contributed by atoms with E-state index in [9.17, 15) is 34.8 Å². The fraction of sp³-hybridized carbons (Fsp3) is 0.609. The Morgan fingerprint density at radius 2 is 1.94 bits per heavy atom. The molecule has 1 aliphatic rings. The first-order valence-electron chi connectivity index (χ1n) is 11.5. The molecule has 202 valence electrons. The molecule has 1 aromatic rings. The van der Waals surface area contributed by atoms with Gasteiger partial charge >= 0.3 is 5.97 Å². The van der Waals surface area contributed by atoms with Gasteiger partial charge in [0.2, 0.25) is 5.91 Å². The molecule has 36 heavy (non-hydrogen) atoms. The van der Waals surface area contributed by atoms with Crippen molar-refractivity contribution in [2.45, 2.75) is 62.9 Å². The number of benzene rings is 1. The first-order chi connectivity index (χ1) is 17.0. The predicted molar refractivity (Wildman–Crippen MR) is 133 cm³/mol. The van der Waals surface area contributed by atoms with E-state index in [0.29, 0.717) is 11.4 Å². The number of halogens is 1. The van der Waals surface area contributed by atoms with Crippen LogP contribution in [0.1, 0.15) is 37.0 Å². The first-order valence-corrected chi connectivity index (χ1v) is 13.0. The predicted octanol–water partition coefficient (Wildman–Crippen LogP) is 0.387. The van der Waals surface area contributed by atoms with E-state index in [1.807, 2.05) is 6.92 Å². The second-order valence-electron chi connectivity index (χ2n) is 8.31. The standard InChI is InChI=1S/C23H33ClN2O9S/c1-3-36-10-4-9-34-23(22(32)33)11-16(28)18(26-13(2)27)20(35-23)19(30)17(29)12-25-21(31)14-5-7-15(24)8-6-14/h5-8,16-20,28-30H,3-4,9-12H2,1-2H3,(H,25,31)(H,26,27)(H,32,33)/t16?,17-,18-,19-,20-,23-/m1/s1. The minimum absolute atomic E-state index is 0.0132. The molecule has 0 aromatic heterocycles. The molecule has 1 aliphatic heterocycles. The van der Waals surface area contributed by atoms with Crippen molar-refractivity contribution in [3.63, 3.8) is 0 Å². The van der Waals surface area contributed by atoms with Crippen LogP contribution in [0, 0.1) is 0 Å². The van der Waals surface area contributed by atoms with E-state index >= 15 is 0 Å². The van der Waals surface area contributed by atoms with Crippen molar-refractivity contribution >= 4 is 41.1 Å². The van der Waals surface area contributed by atoms with Crippen molar-refractivity contribution in [1.82, 2.24) is 10.6 Å². The van der Waals surface area contributed by atoms with Gasteiger partial charge in [-0.1, -0.05) is 18.5 Å². The largest absolute Gasteiger partial charge is 0.477 e. The number of hydrogen-bond donors (Lipinski definition) is 6. The fourth-order valence-corrected chi connectivity index (χ4v) is 4.47. The Kier molecular flexibility index (Phi) is 11.9. The van der Waals surface area contributed by atoms with Crippen LogP contribution in [0.15, 0.2) is 24.3 Å². The van der Waals surface area contributed by atoms with Crippen molar-refractivity contribution < 1.29 is 44.3 Å². The van der Waals surface area contributed by atoms with Crippen LogP contribution in [0.2, 0.25) is 5.02 Å². The van der Waals surface area contributed by atoms with Crippen molar-refractivity contribution in [2.24, 2.45) is 0 Å². The van der Waals surface area contributed by atoms with Crippen LogP contribution in [0.3, 0.4) is 0 Å². The van der Waals surface area contributed by atoms with Crippen LogP contribution in [0.4, 0.5) is 0 Å². The van der Waals surface area contributed by atoms with Gasteiger partial charge in [-0.2, -0.15) is 11.8 Å². The number of aliphatic hydroxyl groups excluding tert-OH is 3. The van der Waals surface area contributed by atoms with Gasteiger partial charge in [0.05, 0.1) is 24.9 Å². The highest BCUT2D eigenvalue weighted by molar-refractivity contribution is 7.99. The summed E-state index contributed by atoms with van der Waals surface area (Å²) in [5.74, 6) is -3.32. The lowest BCUT2D eigenvalue weighted by Gasteiger charge is -2.46. The topological polar surface area (TPSA) is 175 Å². The molecular weight excluding hydrogens is 516 g/mol. The SMILES string of the molecule is CCSCCCO[C@]1(C(=O)O)CC(O)[C@@H](NC(C)=O)[C@H]([C@H](O)[C@H](O)CNC(=O)c2ccc(Cl)cc2)O1. The summed E-state index contributed by atoms with van der Waals surface area (Å²) in [6.45, 7) is 2.75. The molecule has 1 heterocycles. The molecule has 6 atom stereocenters. The Hall–Kier alpha value is -1.93. The maximum atomic E-state index is 12.3. The zero-order valence-electron chi connectivity index (χ0n) is 20.1. The Labute approximate surface area is 218 Å². The maximum Gasteiger partial charge on any atom is 0.364 e. The molecular formula is C23H33ClN2O9S. The molecule has 0 spiro atoms. The minimum Gasteiger partial charge on any atom is -0.477 e. The quantitative estimate of drug-likeness (QED) is 0.189. The molecule has 0 saturated carbocycles. The third kappa shape index (κ3) is 8.30. The maximum absolute atomic E-state index is 12.3. The van der Waals surface area contributed by atoms with E-state index < -0.39 is 67.0 Å². The summed E-state index contributed by atoms with van der Waals surface area (Å²) < 4.78 is 11.2. The third-order valence-corrected chi connectivity index (χ3v) is 6.79. The molecule has 13 heteroatoms. The Bertz CT molecular complexity index is 891. The third-order valence-electron chi connectivity index (χ3n) is 5.55. The summed E-state index contributed by atoms with van der Waals surface area (Å²) in [5, 5.41) is 47.4. The molecule has 1 fully saturated rings. The number of amides is 2. The summed E-state index contributed by atoms with van der Waals surface area (Å²) in [5.41, 5.74) is 0.265. The zero-order valence-corrected chi connectivity index (χ0v) is 21.6. The van der Waals surface area contributed by atoms with Crippen LogP contribution in [0.5, 0.6) is 0 Å². The second-order valence-corrected chi connectivity index (χ2v) is 10.1. The zero-order chi connectivity index (χ0) is 26.9. The number of carbonyl (C=O) groups excluding carboxylic acids is 2.